The number of rotatable bonds is 8. The highest BCUT2D eigenvalue weighted by molar-refractivity contribution is 5.87. The molecule has 18 heteroatoms. The highest BCUT2D eigenvalue weighted by Gasteiger charge is 2.73. The van der Waals surface area contributed by atoms with E-state index in [4.69, 9.17) is 5.11 Å². The summed E-state index contributed by atoms with van der Waals surface area (Å²) in [7, 11) is 0. The smallest absolute Gasteiger partial charge is 0.460 e. The van der Waals surface area contributed by atoms with Crippen molar-refractivity contribution < 1.29 is 80.9 Å². The standard InChI is InChI=1S/2C8H7F7O2/c1-4(2)5(16)17-3-6(9,10)7(11,12)8(13,14)15;1-4(5(16)17)2-3-6(9,10)7(11,12)8(13,14)15/h1,3H2,2H3;2H,3H2,1H3,(H,16,17). The summed E-state index contributed by atoms with van der Waals surface area (Å²) < 4.78 is 173. The van der Waals surface area contributed by atoms with Crippen molar-refractivity contribution in [3.8, 4) is 0 Å². The number of allylic oxidation sites excluding steroid dienone is 1. The van der Waals surface area contributed by atoms with E-state index in [9.17, 15) is 71.1 Å². The fraction of sp³-hybridized carbons (Fsp3) is 0.625. The Kier molecular flexibility index (Phi) is 10.7. The summed E-state index contributed by atoms with van der Waals surface area (Å²) >= 11 is 0. The van der Waals surface area contributed by atoms with Crippen LogP contribution in [0.25, 0.3) is 0 Å². The lowest BCUT2D eigenvalue weighted by atomic mass is 10.1. The third-order valence-corrected chi connectivity index (χ3v) is 3.37. The molecule has 0 saturated heterocycles. The Bertz CT molecular complexity index is 778. The lowest BCUT2D eigenvalue weighted by Gasteiger charge is -2.27. The van der Waals surface area contributed by atoms with Crippen LogP contribution < -0.4 is 0 Å². The second-order valence-electron chi connectivity index (χ2n) is 6.31. The molecule has 0 aliphatic carbocycles. The predicted molar refractivity (Wildman–Crippen MR) is 83.7 cm³/mol. The summed E-state index contributed by atoms with van der Waals surface area (Å²) in [6.07, 6.45) is -14.7. The number of carbonyl (C=O) groups is 2. The number of hydrogen-bond donors (Lipinski definition) is 1. The summed E-state index contributed by atoms with van der Waals surface area (Å²) in [4.78, 5) is 20.7. The third-order valence-electron chi connectivity index (χ3n) is 3.37. The molecule has 0 saturated carbocycles. The van der Waals surface area contributed by atoms with E-state index in [1.807, 2.05) is 0 Å². The van der Waals surface area contributed by atoms with Gasteiger partial charge in [-0.3, -0.25) is 0 Å². The van der Waals surface area contributed by atoms with Crippen molar-refractivity contribution >= 4 is 11.9 Å². The van der Waals surface area contributed by atoms with E-state index in [1.165, 1.54) is 0 Å². The van der Waals surface area contributed by atoms with Crippen LogP contribution in [0.2, 0.25) is 0 Å². The van der Waals surface area contributed by atoms with E-state index < -0.39 is 72.2 Å². The average molecular weight is 536 g/mol. The molecule has 0 rings (SSSR count). The summed E-state index contributed by atoms with van der Waals surface area (Å²) in [5, 5.41) is 8.22. The molecule has 0 bridgehead atoms. The van der Waals surface area contributed by atoms with Crippen LogP contribution in [0.1, 0.15) is 20.3 Å². The highest BCUT2D eigenvalue weighted by Crippen LogP contribution is 2.48. The van der Waals surface area contributed by atoms with Crippen molar-refractivity contribution in [2.75, 3.05) is 6.61 Å². The molecule has 0 heterocycles. The van der Waals surface area contributed by atoms with Crippen LogP contribution in [-0.2, 0) is 14.3 Å². The molecule has 0 unspecified atom stereocenters. The molecule has 0 fully saturated rings. The molecule has 0 amide bonds. The third kappa shape index (κ3) is 8.34. The Balaban J connectivity index is 0. The summed E-state index contributed by atoms with van der Waals surface area (Å²) in [6.45, 7) is 2.37. The molecule has 200 valence electrons. The molecule has 0 radical (unpaired) electrons. The van der Waals surface area contributed by atoms with Crippen molar-refractivity contribution in [1.29, 1.82) is 0 Å². The summed E-state index contributed by atoms with van der Waals surface area (Å²) in [6, 6.07) is 0. The maximum Gasteiger partial charge on any atom is 0.460 e. The topological polar surface area (TPSA) is 63.6 Å². The van der Waals surface area contributed by atoms with Crippen molar-refractivity contribution in [2.45, 2.75) is 56.3 Å². The van der Waals surface area contributed by atoms with Gasteiger partial charge >= 0.3 is 48.0 Å². The zero-order chi connectivity index (χ0) is 28.1. The van der Waals surface area contributed by atoms with E-state index in [-0.39, 0.29) is 6.08 Å². The number of carboxylic acids is 1. The molecule has 0 aliphatic rings. The fourth-order valence-corrected chi connectivity index (χ4v) is 1.28. The Morgan fingerprint density at radius 3 is 1.41 bits per heavy atom. The zero-order valence-corrected chi connectivity index (χ0v) is 16.7. The first kappa shape index (κ1) is 33.6. The number of carbonyl (C=O) groups excluding carboxylic acids is 1. The number of esters is 1. The number of halogens is 14. The maximum atomic E-state index is 12.6. The lowest BCUT2D eigenvalue weighted by molar-refractivity contribution is -0.359. The van der Waals surface area contributed by atoms with Gasteiger partial charge in [-0.25, -0.2) is 9.59 Å². The Labute approximate surface area is 180 Å². The maximum absolute atomic E-state index is 12.6. The molecule has 34 heavy (non-hydrogen) atoms. The minimum Gasteiger partial charge on any atom is -0.478 e. The van der Waals surface area contributed by atoms with Crippen molar-refractivity contribution in [2.24, 2.45) is 0 Å². The van der Waals surface area contributed by atoms with Crippen molar-refractivity contribution in [1.82, 2.24) is 0 Å². The van der Waals surface area contributed by atoms with Crippen LogP contribution in [0.4, 0.5) is 61.5 Å². The van der Waals surface area contributed by atoms with Crippen LogP contribution >= 0.6 is 0 Å². The van der Waals surface area contributed by atoms with Crippen molar-refractivity contribution in [3.63, 3.8) is 0 Å². The minimum atomic E-state index is -6.44. The molecule has 0 spiro atoms. The van der Waals surface area contributed by atoms with Crippen LogP contribution in [0.15, 0.2) is 23.8 Å². The lowest BCUT2D eigenvalue weighted by Crippen LogP contribution is -2.54. The van der Waals surface area contributed by atoms with Gasteiger partial charge in [0.2, 0.25) is 0 Å². The van der Waals surface area contributed by atoms with E-state index in [0.29, 0.717) is 0 Å². The van der Waals surface area contributed by atoms with Gasteiger partial charge in [0.1, 0.15) is 0 Å². The van der Waals surface area contributed by atoms with E-state index in [0.717, 1.165) is 13.8 Å². The zero-order valence-electron chi connectivity index (χ0n) is 16.7. The Morgan fingerprint density at radius 2 is 1.12 bits per heavy atom. The first-order valence-corrected chi connectivity index (χ1v) is 8.03. The molecule has 0 aromatic rings. The van der Waals surface area contributed by atoms with Gasteiger partial charge in [0.05, 0.1) is 0 Å². The van der Waals surface area contributed by atoms with Gasteiger partial charge in [0.25, 0.3) is 0 Å². The van der Waals surface area contributed by atoms with E-state index in [2.05, 4.69) is 11.3 Å². The van der Waals surface area contributed by atoms with Gasteiger partial charge in [0.15, 0.2) is 6.61 Å². The number of alkyl halides is 14. The van der Waals surface area contributed by atoms with Crippen molar-refractivity contribution in [3.05, 3.63) is 23.8 Å². The largest absolute Gasteiger partial charge is 0.478 e. The second kappa shape index (κ2) is 10.8. The first-order chi connectivity index (χ1) is 14.7. The molecule has 0 aromatic carbocycles. The molecular formula is C16H14F14O4. The molecule has 4 nitrogen and oxygen atoms in total. The van der Waals surface area contributed by atoms with Crippen LogP contribution in [0.3, 0.4) is 0 Å². The molecular weight excluding hydrogens is 522 g/mol. The second-order valence-corrected chi connectivity index (χ2v) is 6.31. The normalized spacial score (nSPS) is 14.2. The van der Waals surface area contributed by atoms with Gasteiger partial charge in [0, 0.05) is 17.6 Å². The quantitative estimate of drug-likeness (QED) is 0.229. The summed E-state index contributed by atoms with van der Waals surface area (Å²) in [5.74, 6) is -26.6. The predicted octanol–water partition coefficient (Wildman–Crippen LogP) is 6.18. The average Bonchev–Trinajstić information content (AvgIpc) is 2.62. The molecule has 1 N–H and O–H groups in total. The summed E-state index contributed by atoms with van der Waals surface area (Å²) in [5.41, 5.74) is -1.15. The van der Waals surface area contributed by atoms with Gasteiger partial charge in [-0.1, -0.05) is 12.7 Å². The van der Waals surface area contributed by atoms with Gasteiger partial charge in [-0.15, -0.1) is 0 Å². The Morgan fingerprint density at radius 1 is 0.765 bits per heavy atom. The van der Waals surface area contributed by atoms with Crippen LogP contribution in [0, 0.1) is 0 Å². The number of aliphatic carboxylic acids is 1. The highest BCUT2D eigenvalue weighted by atomic mass is 19.4. The first-order valence-electron chi connectivity index (χ1n) is 8.03. The molecule has 0 aliphatic heterocycles. The van der Waals surface area contributed by atoms with Gasteiger partial charge in [-0.05, 0) is 13.8 Å². The van der Waals surface area contributed by atoms with Crippen LogP contribution in [-0.4, -0.2) is 59.7 Å². The van der Waals surface area contributed by atoms with E-state index >= 15 is 0 Å². The Hall–Kier alpha value is -2.56. The van der Waals surface area contributed by atoms with Gasteiger partial charge < -0.3 is 9.84 Å². The molecule has 0 aromatic heterocycles. The monoisotopic (exact) mass is 536 g/mol. The number of hydrogen-bond acceptors (Lipinski definition) is 3. The van der Waals surface area contributed by atoms with E-state index in [1.54, 1.807) is 0 Å². The fourth-order valence-electron chi connectivity index (χ4n) is 1.28. The minimum absolute atomic E-state index is 0.113. The number of carboxylic acid groups (broad SMARTS) is 1. The van der Waals surface area contributed by atoms with Gasteiger partial charge in [-0.2, -0.15) is 61.5 Å². The number of ether oxygens (including phenoxy) is 1. The molecule has 0 atom stereocenters. The van der Waals surface area contributed by atoms with Crippen LogP contribution in [0.5, 0.6) is 0 Å². The SMILES string of the molecule is C=C(C)C(=O)OCC(F)(F)C(F)(F)C(F)(F)F.CC(=CCC(F)(F)C(F)(F)C(F)(F)F)C(=O)O.